The van der Waals surface area contributed by atoms with Crippen molar-refractivity contribution >= 4 is 5.91 Å². The highest BCUT2D eigenvalue weighted by molar-refractivity contribution is 5.82. The fraction of sp³-hybridized carbons (Fsp3) is 0.381. The van der Waals surface area contributed by atoms with Crippen LogP contribution in [0.5, 0.6) is 0 Å². The SMILES string of the molecule is CCc1cc(C)ccc1C(O)c1ccc2c(c1)CCC2NC(=O)C(F)(F)F. The van der Waals surface area contributed by atoms with E-state index in [1.807, 2.05) is 32.0 Å². The molecule has 2 aromatic carbocycles. The molecule has 0 heterocycles. The molecular weight excluding hydrogens is 355 g/mol. The minimum Gasteiger partial charge on any atom is -0.384 e. The topological polar surface area (TPSA) is 49.3 Å². The number of nitrogens with one attached hydrogen (secondary N) is 1. The number of alkyl halides is 3. The summed E-state index contributed by atoms with van der Waals surface area (Å²) in [7, 11) is 0. The Morgan fingerprint density at radius 1 is 1.26 bits per heavy atom. The maximum atomic E-state index is 12.5. The van der Waals surface area contributed by atoms with Crippen LogP contribution in [-0.2, 0) is 17.6 Å². The molecule has 6 heteroatoms. The number of hydrogen-bond acceptors (Lipinski definition) is 2. The van der Waals surface area contributed by atoms with Crippen molar-refractivity contribution in [2.75, 3.05) is 0 Å². The number of aryl methyl sites for hydroxylation is 3. The van der Waals surface area contributed by atoms with Gasteiger partial charge in [-0.1, -0.05) is 48.9 Å². The number of aliphatic hydroxyl groups excluding tert-OH is 1. The molecule has 3 rings (SSSR count). The highest BCUT2D eigenvalue weighted by Gasteiger charge is 2.40. The Bertz CT molecular complexity index is 861. The first kappa shape index (κ1) is 19.4. The number of benzene rings is 2. The molecule has 27 heavy (non-hydrogen) atoms. The standard InChI is InChI=1S/C21H22F3NO2/c1-3-13-10-12(2)4-7-17(13)19(26)15-5-8-16-14(11-15)6-9-18(16)25-20(27)21(22,23)24/h4-5,7-8,10-11,18-19,26H,3,6,9H2,1-2H3,(H,25,27). The van der Waals surface area contributed by atoms with Gasteiger partial charge in [0, 0.05) is 0 Å². The number of hydrogen-bond donors (Lipinski definition) is 2. The maximum Gasteiger partial charge on any atom is 0.471 e. The molecule has 0 aromatic heterocycles. The number of amides is 1. The Hall–Kier alpha value is -2.34. The molecular formula is C21H22F3NO2. The molecule has 1 amide bonds. The lowest BCUT2D eigenvalue weighted by atomic mass is 9.92. The first-order chi connectivity index (χ1) is 12.7. The van der Waals surface area contributed by atoms with Gasteiger partial charge in [-0.05, 0) is 54.0 Å². The summed E-state index contributed by atoms with van der Waals surface area (Å²) in [5, 5.41) is 12.9. The van der Waals surface area contributed by atoms with Gasteiger partial charge in [0.2, 0.25) is 0 Å². The van der Waals surface area contributed by atoms with Crippen molar-refractivity contribution in [1.29, 1.82) is 0 Å². The Morgan fingerprint density at radius 2 is 2.00 bits per heavy atom. The van der Waals surface area contributed by atoms with Gasteiger partial charge in [0.25, 0.3) is 0 Å². The van der Waals surface area contributed by atoms with E-state index in [2.05, 4.69) is 11.4 Å². The molecule has 0 spiro atoms. The highest BCUT2D eigenvalue weighted by Crippen LogP contribution is 2.35. The molecule has 0 aliphatic heterocycles. The van der Waals surface area contributed by atoms with E-state index in [1.54, 1.807) is 12.1 Å². The van der Waals surface area contributed by atoms with Gasteiger partial charge in [0.15, 0.2) is 0 Å². The summed E-state index contributed by atoms with van der Waals surface area (Å²) in [6.45, 7) is 4.03. The van der Waals surface area contributed by atoms with Gasteiger partial charge in [0.05, 0.1) is 6.04 Å². The Balaban J connectivity index is 1.84. The second kappa shape index (κ2) is 7.35. The van der Waals surface area contributed by atoms with Gasteiger partial charge < -0.3 is 10.4 Å². The molecule has 0 radical (unpaired) electrons. The molecule has 0 bridgehead atoms. The summed E-state index contributed by atoms with van der Waals surface area (Å²) in [5.74, 6) is -1.92. The molecule has 2 unspecified atom stereocenters. The van der Waals surface area contributed by atoms with Crippen molar-refractivity contribution in [2.45, 2.75) is 51.4 Å². The molecule has 144 valence electrons. The zero-order valence-corrected chi connectivity index (χ0v) is 15.2. The van der Waals surface area contributed by atoms with Gasteiger partial charge in [-0.3, -0.25) is 4.79 Å². The average molecular weight is 377 g/mol. The van der Waals surface area contributed by atoms with E-state index in [9.17, 15) is 23.1 Å². The lowest BCUT2D eigenvalue weighted by Gasteiger charge is -2.18. The molecule has 0 fully saturated rings. The fourth-order valence-corrected chi connectivity index (χ4v) is 3.68. The second-order valence-electron chi connectivity index (χ2n) is 6.98. The molecule has 1 aliphatic rings. The van der Waals surface area contributed by atoms with Gasteiger partial charge in [-0.2, -0.15) is 13.2 Å². The van der Waals surface area contributed by atoms with Crippen LogP contribution in [0.1, 0.15) is 58.9 Å². The van der Waals surface area contributed by atoms with Gasteiger partial charge >= 0.3 is 12.1 Å². The zero-order valence-electron chi connectivity index (χ0n) is 15.2. The van der Waals surface area contributed by atoms with E-state index >= 15 is 0 Å². The minimum absolute atomic E-state index is 0.418. The molecule has 2 aromatic rings. The first-order valence-electron chi connectivity index (χ1n) is 8.98. The normalized spacial score (nSPS) is 17.5. The van der Waals surface area contributed by atoms with Gasteiger partial charge in [0.1, 0.15) is 6.10 Å². The number of fused-ring (bicyclic) bond motifs is 1. The van der Waals surface area contributed by atoms with Crippen LogP contribution in [0, 0.1) is 6.92 Å². The van der Waals surface area contributed by atoms with Crippen molar-refractivity contribution in [1.82, 2.24) is 5.32 Å². The Morgan fingerprint density at radius 3 is 2.67 bits per heavy atom. The van der Waals surface area contributed by atoms with Gasteiger partial charge in [-0.25, -0.2) is 0 Å². The van der Waals surface area contributed by atoms with Crippen LogP contribution in [0.3, 0.4) is 0 Å². The van der Waals surface area contributed by atoms with E-state index in [0.717, 1.165) is 28.7 Å². The molecule has 0 saturated heterocycles. The van der Waals surface area contributed by atoms with Crippen LogP contribution >= 0.6 is 0 Å². The Kier molecular flexibility index (Phi) is 5.29. The molecule has 3 nitrogen and oxygen atoms in total. The molecule has 2 N–H and O–H groups in total. The van der Waals surface area contributed by atoms with Crippen LogP contribution in [-0.4, -0.2) is 17.2 Å². The molecule has 2 atom stereocenters. The molecule has 1 aliphatic carbocycles. The van der Waals surface area contributed by atoms with Crippen LogP contribution in [0.25, 0.3) is 0 Å². The predicted octanol–water partition coefficient (Wildman–Crippen LogP) is 4.30. The van der Waals surface area contributed by atoms with E-state index in [0.29, 0.717) is 24.0 Å². The summed E-state index contributed by atoms with van der Waals surface area (Å²) in [4.78, 5) is 11.2. The van der Waals surface area contributed by atoms with Crippen LogP contribution < -0.4 is 5.32 Å². The van der Waals surface area contributed by atoms with Crippen LogP contribution in [0.4, 0.5) is 13.2 Å². The third-order valence-corrected chi connectivity index (χ3v) is 5.10. The van der Waals surface area contributed by atoms with Crippen molar-refractivity contribution in [3.63, 3.8) is 0 Å². The summed E-state index contributed by atoms with van der Waals surface area (Å²) >= 11 is 0. The number of carbonyl (C=O) groups excluding carboxylic acids is 1. The van der Waals surface area contributed by atoms with Crippen molar-refractivity contribution in [3.8, 4) is 0 Å². The van der Waals surface area contributed by atoms with E-state index in [1.165, 1.54) is 0 Å². The number of halogens is 3. The quantitative estimate of drug-likeness (QED) is 0.834. The summed E-state index contributed by atoms with van der Waals surface area (Å²) in [6, 6.07) is 10.5. The predicted molar refractivity (Wildman–Crippen MR) is 96.3 cm³/mol. The minimum atomic E-state index is -4.89. The van der Waals surface area contributed by atoms with Gasteiger partial charge in [-0.15, -0.1) is 0 Å². The second-order valence-corrected chi connectivity index (χ2v) is 6.98. The van der Waals surface area contributed by atoms with E-state index in [-0.39, 0.29) is 0 Å². The maximum absolute atomic E-state index is 12.5. The highest BCUT2D eigenvalue weighted by atomic mass is 19.4. The average Bonchev–Trinajstić information content (AvgIpc) is 3.02. The number of carbonyl (C=O) groups is 1. The van der Waals surface area contributed by atoms with Crippen molar-refractivity contribution in [3.05, 3.63) is 69.8 Å². The number of aliphatic hydroxyl groups is 1. The molecule has 0 saturated carbocycles. The third-order valence-electron chi connectivity index (χ3n) is 5.10. The smallest absolute Gasteiger partial charge is 0.384 e. The van der Waals surface area contributed by atoms with Crippen molar-refractivity contribution < 1.29 is 23.1 Å². The van der Waals surface area contributed by atoms with E-state index in [4.69, 9.17) is 0 Å². The largest absolute Gasteiger partial charge is 0.471 e. The summed E-state index contributed by atoms with van der Waals surface area (Å²) < 4.78 is 37.5. The lowest BCUT2D eigenvalue weighted by Crippen LogP contribution is -2.38. The zero-order chi connectivity index (χ0) is 19.8. The fourth-order valence-electron chi connectivity index (χ4n) is 3.68. The lowest BCUT2D eigenvalue weighted by molar-refractivity contribution is -0.174. The van der Waals surface area contributed by atoms with Crippen molar-refractivity contribution in [2.24, 2.45) is 0 Å². The monoisotopic (exact) mass is 377 g/mol. The first-order valence-corrected chi connectivity index (χ1v) is 8.98. The summed E-state index contributed by atoms with van der Waals surface area (Å²) in [5.41, 5.74) is 5.28. The van der Waals surface area contributed by atoms with Crippen LogP contribution in [0.15, 0.2) is 36.4 Å². The third kappa shape index (κ3) is 4.00. The van der Waals surface area contributed by atoms with Crippen LogP contribution in [0.2, 0.25) is 0 Å². The Labute approximate surface area is 156 Å². The summed E-state index contributed by atoms with van der Waals surface area (Å²) in [6.07, 6.45) is -3.91. The van der Waals surface area contributed by atoms with E-state index < -0.39 is 24.2 Å². The number of rotatable bonds is 4.